The summed E-state index contributed by atoms with van der Waals surface area (Å²) in [6, 6.07) is 4.58. The Morgan fingerprint density at radius 2 is 1.89 bits per heavy atom. The highest BCUT2D eigenvalue weighted by atomic mass is 19.4. The molecule has 1 radical (unpaired) electrons. The zero-order valence-corrected chi connectivity index (χ0v) is 10.4. The molecular formula is C14H15F3NO. The Balaban J connectivity index is 2.15. The van der Waals surface area contributed by atoms with Crippen LogP contribution >= 0.6 is 0 Å². The van der Waals surface area contributed by atoms with E-state index < -0.39 is 11.7 Å². The standard InChI is InChI=1S/C14H15F3NO/c1-10-5-7-18(8-6-10)13(19)11-3-2-4-12(9-11)14(15,16)17/h2-4,9-10H,1,5-8H2. The lowest BCUT2D eigenvalue weighted by Gasteiger charge is -2.30. The first-order chi connectivity index (χ1) is 8.88. The van der Waals surface area contributed by atoms with Crippen LogP contribution in [0.3, 0.4) is 0 Å². The van der Waals surface area contributed by atoms with E-state index in [1.807, 2.05) is 0 Å². The second-order valence-corrected chi connectivity index (χ2v) is 4.81. The number of carbonyl (C=O) groups excluding carboxylic acids is 1. The summed E-state index contributed by atoms with van der Waals surface area (Å²) in [6.07, 6.45) is -2.83. The number of rotatable bonds is 1. The van der Waals surface area contributed by atoms with E-state index in [9.17, 15) is 18.0 Å². The highest BCUT2D eigenvalue weighted by Crippen LogP contribution is 2.30. The number of benzene rings is 1. The predicted molar refractivity (Wildman–Crippen MR) is 65.4 cm³/mol. The van der Waals surface area contributed by atoms with Gasteiger partial charge in [0.1, 0.15) is 0 Å². The normalized spacial score (nSPS) is 17.6. The van der Waals surface area contributed by atoms with Crippen LogP contribution < -0.4 is 0 Å². The molecule has 1 fully saturated rings. The van der Waals surface area contributed by atoms with E-state index in [-0.39, 0.29) is 11.5 Å². The number of piperidine rings is 1. The van der Waals surface area contributed by atoms with Gasteiger partial charge in [0.25, 0.3) is 5.91 Å². The molecule has 1 aromatic rings. The van der Waals surface area contributed by atoms with E-state index >= 15 is 0 Å². The van der Waals surface area contributed by atoms with Crippen LogP contribution in [0.5, 0.6) is 0 Å². The van der Waals surface area contributed by atoms with Crippen LogP contribution in [-0.2, 0) is 6.18 Å². The van der Waals surface area contributed by atoms with E-state index in [0.717, 1.165) is 25.0 Å². The SMILES string of the molecule is [CH2]C1CCN(C(=O)c2cccc(C(F)(F)F)c2)CC1. The third kappa shape index (κ3) is 3.28. The lowest BCUT2D eigenvalue weighted by Crippen LogP contribution is -2.38. The van der Waals surface area contributed by atoms with Gasteiger partial charge in [-0.15, -0.1) is 0 Å². The molecule has 1 saturated heterocycles. The van der Waals surface area contributed by atoms with E-state index in [1.165, 1.54) is 12.1 Å². The van der Waals surface area contributed by atoms with Crippen molar-refractivity contribution in [3.8, 4) is 0 Å². The van der Waals surface area contributed by atoms with Crippen molar-refractivity contribution in [2.75, 3.05) is 13.1 Å². The summed E-state index contributed by atoms with van der Waals surface area (Å²) in [5, 5.41) is 0. The van der Waals surface area contributed by atoms with Crippen molar-refractivity contribution in [1.82, 2.24) is 4.90 Å². The maximum absolute atomic E-state index is 12.6. The summed E-state index contributed by atoms with van der Waals surface area (Å²) >= 11 is 0. The first kappa shape index (κ1) is 13.9. The zero-order chi connectivity index (χ0) is 14.0. The number of carbonyl (C=O) groups is 1. The first-order valence-electron chi connectivity index (χ1n) is 6.17. The molecule has 0 unspecified atom stereocenters. The van der Waals surface area contributed by atoms with Crippen LogP contribution in [0, 0.1) is 12.8 Å². The van der Waals surface area contributed by atoms with Gasteiger partial charge in [-0.05, 0) is 37.0 Å². The fourth-order valence-corrected chi connectivity index (χ4v) is 2.15. The van der Waals surface area contributed by atoms with E-state index in [0.29, 0.717) is 19.0 Å². The van der Waals surface area contributed by atoms with Crippen molar-refractivity contribution in [2.24, 2.45) is 5.92 Å². The number of hydrogen-bond acceptors (Lipinski definition) is 1. The maximum atomic E-state index is 12.6. The van der Waals surface area contributed by atoms with E-state index in [1.54, 1.807) is 4.90 Å². The Bertz CT molecular complexity index is 462. The van der Waals surface area contributed by atoms with Crippen molar-refractivity contribution in [2.45, 2.75) is 19.0 Å². The van der Waals surface area contributed by atoms with Gasteiger partial charge in [-0.2, -0.15) is 13.2 Å². The molecule has 19 heavy (non-hydrogen) atoms. The van der Waals surface area contributed by atoms with Crippen LogP contribution in [-0.4, -0.2) is 23.9 Å². The fourth-order valence-electron chi connectivity index (χ4n) is 2.15. The minimum Gasteiger partial charge on any atom is -0.339 e. The van der Waals surface area contributed by atoms with Crippen LogP contribution in [0.25, 0.3) is 0 Å². The first-order valence-corrected chi connectivity index (χ1v) is 6.17. The van der Waals surface area contributed by atoms with Crippen LogP contribution in [0.15, 0.2) is 24.3 Å². The van der Waals surface area contributed by atoms with Crippen LogP contribution in [0.2, 0.25) is 0 Å². The molecule has 1 aliphatic rings. The van der Waals surface area contributed by atoms with Gasteiger partial charge in [-0.3, -0.25) is 4.79 Å². The highest BCUT2D eigenvalue weighted by Gasteiger charge is 2.31. The predicted octanol–water partition coefficient (Wildman–Crippen LogP) is 3.39. The molecule has 2 nitrogen and oxygen atoms in total. The topological polar surface area (TPSA) is 20.3 Å². The molecule has 0 bridgehead atoms. The maximum Gasteiger partial charge on any atom is 0.416 e. The van der Waals surface area contributed by atoms with Crippen molar-refractivity contribution in [1.29, 1.82) is 0 Å². The van der Waals surface area contributed by atoms with Crippen molar-refractivity contribution in [3.63, 3.8) is 0 Å². The van der Waals surface area contributed by atoms with Gasteiger partial charge in [-0.1, -0.05) is 13.0 Å². The Morgan fingerprint density at radius 1 is 1.26 bits per heavy atom. The molecule has 0 spiro atoms. The quantitative estimate of drug-likeness (QED) is 0.766. The molecule has 1 aromatic carbocycles. The minimum absolute atomic E-state index is 0.0948. The summed E-state index contributed by atoms with van der Waals surface area (Å²) in [4.78, 5) is 13.7. The van der Waals surface area contributed by atoms with Gasteiger partial charge in [0.15, 0.2) is 0 Å². The Morgan fingerprint density at radius 3 is 2.47 bits per heavy atom. The van der Waals surface area contributed by atoms with Gasteiger partial charge in [-0.25, -0.2) is 0 Å². The number of hydrogen-bond donors (Lipinski definition) is 0. The fraction of sp³-hybridized carbons (Fsp3) is 0.429. The van der Waals surface area contributed by atoms with Crippen molar-refractivity contribution < 1.29 is 18.0 Å². The Labute approximate surface area is 110 Å². The second-order valence-electron chi connectivity index (χ2n) is 4.81. The molecule has 1 aliphatic heterocycles. The average molecular weight is 270 g/mol. The number of amides is 1. The molecule has 0 N–H and O–H groups in total. The summed E-state index contributed by atoms with van der Waals surface area (Å²) in [5.74, 6) is -0.0106. The largest absolute Gasteiger partial charge is 0.416 e. The molecule has 0 aromatic heterocycles. The van der Waals surface area contributed by atoms with Gasteiger partial charge < -0.3 is 4.90 Å². The number of likely N-dealkylation sites (tertiary alicyclic amines) is 1. The average Bonchev–Trinajstić information content (AvgIpc) is 2.38. The highest BCUT2D eigenvalue weighted by molar-refractivity contribution is 5.94. The third-order valence-electron chi connectivity index (χ3n) is 3.34. The molecule has 5 heteroatoms. The summed E-state index contributed by atoms with van der Waals surface area (Å²) < 4.78 is 37.8. The van der Waals surface area contributed by atoms with Crippen LogP contribution in [0.1, 0.15) is 28.8 Å². The van der Waals surface area contributed by atoms with Crippen molar-refractivity contribution in [3.05, 3.63) is 42.3 Å². The van der Waals surface area contributed by atoms with E-state index in [4.69, 9.17) is 0 Å². The molecular weight excluding hydrogens is 255 g/mol. The summed E-state index contributed by atoms with van der Waals surface area (Å²) in [5.41, 5.74) is -0.692. The second kappa shape index (κ2) is 5.23. The van der Waals surface area contributed by atoms with Crippen molar-refractivity contribution >= 4 is 5.91 Å². The van der Waals surface area contributed by atoms with Gasteiger partial charge in [0, 0.05) is 18.7 Å². The molecule has 1 heterocycles. The van der Waals surface area contributed by atoms with Crippen LogP contribution in [0.4, 0.5) is 13.2 Å². The molecule has 103 valence electrons. The Hall–Kier alpha value is -1.52. The minimum atomic E-state index is -4.42. The third-order valence-corrected chi connectivity index (χ3v) is 3.34. The van der Waals surface area contributed by atoms with Gasteiger partial charge in [0.2, 0.25) is 0 Å². The smallest absolute Gasteiger partial charge is 0.339 e. The summed E-state index contributed by atoms with van der Waals surface area (Å²) in [6.45, 7) is 5.04. The lowest BCUT2D eigenvalue weighted by atomic mass is 9.98. The molecule has 1 amide bonds. The number of nitrogens with zero attached hydrogens (tertiary/aromatic N) is 1. The Kier molecular flexibility index (Phi) is 3.83. The molecule has 0 aliphatic carbocycles. The van der Waals surface area contributed by atoms with Gasteiger partial charge in [0.05, 0.1) is 5.56 Å². The number of alkyl halides is 3. The molecule has 2 rings (SSSR count). The van der Waals surface area contributed by atoms with Gasteiger partial charge >= 0.3 is 6.18 Å². The lowest BCUT2D eigenvalue weighted by molar-refractivity contribution is -0.137. The van der Waals surface area contributed by atoms with E-state index in [2.05, 4.69) is 6.92 Å². The summed E-state index contributed by atoms with van der Waals surface area (Å²) in [7, 11) is 0. The monoisotopic (exact) mass is 270 g/mol. The molecule has 0 saturated carbocycles. The molecule has 0 atom stereocenters. The number of halogens is 3. The zero-order valence-electron chi connectivity index (χ0n) is 10.4.